The van der Waals surface area contributed by atoms with Gasteiger partial charge in [0, 0.05) is 35.2 Å². The summed E-state index contributed by atoms with van der Waals surface area (Å²) in [5.41, 5.74) is 1.03. The standard InChI is InChI=1S/C33H39N5O6/c1-20(2)44-24-17-26(31(42-7)35-19-24)30(25-14-22-13-21(18-34)9-10-27(22)36-32(25)43-8)33(39,11-12-38(3)4)23-15-28(40-5)37-29(16-23)41-6/h9-10,13-17,19-20,30,39H,11-12H2,1-8H3/t30-,33+/m0/s1. The molecule has 0 saturated carbocycles. The molecule has 0 aliphatic heterocycles. The van der Waals surface area contributed by atoms with E-state index in [9.17, 15) is 10.4 Å². The van der Waals surface area contributed by atoms with Crippen LogP contribution in [0.5, 0.6) is 29.3 Å². The Kier molecular flexibility index (Phi) is 10.1. The minimum atomic E-state index is -1.66. The zero-order valence-electron chi connectivity index (χ0n) is 26.4. The highest BCUT2D eigenvalue weighted by atomic mass is 16.5. The van der Waals surface area contributed by atoms with Gasteiger partial charge in [-0.2, -0.15) is 10.2 Å². The minimum Gasteiger partial charge on any atom is -0.489 e. The molecule has 1 N–H and O–H groups in total. The molecular weight excluding hydrogens is 562 g/mol. The highest BCUT2D eigenvalue weighted by Crippen LogP contribution is 2.50. The number of aliphatic hydroxyl groups is 1. The molecule has 4 rings (SSSR count). The molecule has 11 nitrogen and oxygen atoms in total. The van der Waals surface area contributed by atoms with Crippen LogP contribution in [0.25, 0.3) is 10.9 Å². The Morgan fingerprint density at radius 1 is 0.886 bits per heavy atom. The maximum absolute atomic E-state index is 13.2. The van der Waals surface area contributed by atoms with Crippen molar-refractivity contribution in [2.75, 3.05) is 49.1 Å². The summed E-state index contributed by atoms with van der Waals surface area (Å²) in [5, 5.41) is 23.5. The van der Waals surface area contributed by atoms with Crippen molar-refractivity contribution in [1.29, 1.82) is 5.26 Å². The first kappa shape index (κ1) is 32.3. The molecule has 44 heavy (non-hydrogen) atoms. The Labute approximate surface area is 258 Å². The van der Waals surface area contributed by atoms with Crippen molar-refractivity contribution >= 4 is 10.9 Å². The maximum Gasteiger partial charge on any atom is 0.217 e. The van der Waals surface area contributed by atoms with Crippen LogP contribution in [0.4, 0.5) is 0 Å². The number of fused-ring (bicyclic) bond motifs is 1. The SMILES string of the molecule is COc1cc([C@](O)(CCN(C)C)[C@H](c2cc(OC(C)C)cnc2OC)c2cc3cc(C#N)ccc3nc2OC)cc(OC)n1. The van der Waals surface area contributed by atoms with Gasteiger partial charge >= 0.3 is 0 Å². The maximum atomic E-state index is 13.2. The third kappa shape index (κ3) is 6.77. The topological polar surface area (TPSA) is 132 Å². The first-order chi connectivity index (χ1) is 21.1. The van der Waals surface area contributed by atoms with Gasteiger partial charge in [-0.15, -0.1) is 0 Å². The molecule has 1 aromatic carbocycles. The zero-order chi connectivity index (χ0) is 32.0. The fourth-order valence-electron chi connectivity index (χ4n) is 5.25. The fraction of sp³-hybridized carbons (Fsp3) is 0.394. The Bertz CT molecular complexity index is 1630. The van der Waals surface area contributed by atoms with Gasteiger partial charge in [0.2, 0.25) is 23.5 Å². The summed E-state index contributed by atoms with van der Waals surface area (Å²) in [4.78, 5) is 15.7. The molecule has 4 aromatic rings. The summed E-state index contributed by atoms with van der Waals surface area (Å²) in [6, 6.07) is 14.5. The number of ether oxygens (including phenoxy) is 5. The lowest BCUT2D eigenvalue weighted by atomic mass is 9.72. The monoisotopic (exact) mass is 601 g/mol. The molecule has 0 radical (unpaired) electrons. The van der Waals surface area contributed by atoms with E-state index in [0.29, 0.717) is 51.3 Å². The normalized spacial score (nSPS) is 13.3. The highest BCUT2D eigenvalue weighted by molar-refractivity contribution is 5.82. The lowest BCUT2D eigenvalue weighted by Gasteiger charge is -2.39. The van der Waals surface area contributed by atoms with Crippen molar-refractivity contribution in [2.45, 2.75) is 37.9 Å². The number of nitrogens with zero attached hydrogens (tertiary/aromatic N) is 5. The van der Waals surface area contributed by atoms with Gasteiger partial charge in [-0.3, -0.25) is 0 Å². The van der Waals surface area contributed by atoms with E-state index in [1.165, 1.54) is 28.4 Å². The van der Waals surface area contributed by atoms with Gasteiger partial charge in [0.25, 0.3) is 0 Å². The first-order valence-electron chi connectivity index (χ1n) is 14.1. The predicted molar refractivity (Wildman–Crippen MR) is 166 cm³/mol. The molecule has 11 heteroatoms. The third-order valence-electron chi connectivity index (χ3n) is 7.29. The molecule has 0 aliphatic carbocycles. The Balaban J connectivity index is 2.16. The van der Waals surface area contributed by atoms with Gasteiger partial charge in [-0.25, -0.2) is 9.97 Å². The second-order valence-corrected chi connectivity index (χ2v) is 10.9. The summed E-state index contributed by atoms with van der Waals surface area (Å²) in [6.07, 6.45) is 1.71. The summed E-state index contributed by atoms with van der Waals surface area (Å²) in [5.74, 6) is 0.738. The van der Waals surface area contributed by atoms with Crippen molar-refractivity contribution in [3.63, 3.8) is 0 Å². The second-order valence-electron chi connectivity index (χ2n) is 10.9. The number of hydrogen-bond donors (Lipinski definition) is 1. The molecule has 0 saturated heterocycles. The highest BCUT2D eigenvalue weighted by Gasteiger charge is 2.45. The van der Waals surface area contributed by atoms with Crippen LogP contribution in [0.3, 0.4) is 0 Å². The molecule has 0 spiro atoms. The third-order valence-corrected chi connectivity index (χ3v) is 7.29. The van der Waals surface area contributed by atoms with Gasteiger partial charge in [0.15, 0.2) is 0 Å². The average Bonchev–Trinajstić information content (AvgIpc) is 3.02. The van der Waals surface area contributed by atoms with E-state index in [-0.39, 0.29) is 30.2 Å². The number of rotatable bonds is 13. The Morgan fingerprint density at radius 3 is 2.11 bits per heavy atom. The van der Waals surface area contributed by atoms with E-state index in [1.807, 2.05) is 45.0 Å². The average molecular weight is 602 g/mol. The molecule has 0 amide bonds. The van der Waals surface area contributed by atoms with Crippen LogP contribution in [0, 0.1) is 11.3 Å². The number of nitriles is 1. The van der Waals surface area contributed by atoms with Crippen LogP contribution in [-0.4, -0.2) is 80.1 Å². The van der Waals surface area contributed by atoms with Crippen LogP contribution < -0.4 is 23.7 Å². The number of methoxy groups -OCH3 is 4. The minimum absolute atomic E-state index is 0.126. The van der Waals surface area contributed by atoms with E-state index in [2.05, 4.69) is 16.0 Å². The van der Waals surface area contributed by atoms with Crippen LogP contribution in [-0.2, 0) is 5.60 Å². The lowest BCUT2D eigenvalue weighted by molar-refractivity contribution is 0.00252. The van der Waals surface area contributed by atoms with E-state index < -0.39 is 11.5 Å². The van der Waals surface area contributed by atoms with Crippen LogP contribution in [0.2, 0.25) is 0 Å². The molecule has 3 aromatic heterocycles. The van der Waals surface area contributed by atoms with Crippen molar-refractivity contribution in [3.8, 4) is 35.3 Å². The summed E-state index contributed by atoms with van der Waals surface area (Å²) < 4.78 is 28.7. The molecule has 232 valence electrons. The van der Waals surface area contributed by atoms with Gasteiger partial charge in [-0.05, 0) is 70.3 Å². The Hall–Kier alpha value is -4.66. The van der Waals surface area contributed by atoms with Crippen LogP contribution in [0.15, 0.2) is 48.7 Å². The fourth-order valence-corrected chi connectivity index (χ4v) is 5.25. The molecule has 0 bridgehead atoms. The van der Waals surface area contributed by atoms with E-state index in [4.69, 9.17) is 28.7 Å². The number of benzene rings is 1. The zero-order valence-corrected chi connectivity index (χ0v) is 26.4. The van der Waals surface area contributed by atoms with Crippen molar-refractivity contribution in [2.24, 2.45) is 0 Å². The van der Waals surface area contributed by atoms with Crippen molar-refractivity contribution in [1.82, 2.24) is 19.9 Å². The van der Waals surface area contributed by atoms with Crippen LogP contribution >= 0.6 is 0 Å². The van der Waals surface area contributed by atoms with Crippen LogP contribution in [0.1, 0.15) is 48.4 Å². The van der Waals surface area contributed by atoms with Gasteiger partial charge in [0.05, 0.1) is 63.8 Å². The van der Waals surface area contributed by atoms with Gasteiger partial charge in [-0.1, -0.05) is 0 Å². The van der Waals surface area contributed by atoms with E-state index >= 15 is 0 Å². The summed E-state index contributed by atoms with van der Waals surface area (Å²) >= 11 is 0. The van der Waals surface area contributed by atoms with E-state index in [1.54, 1.807) is 36.5 Å². The second kappa shape index (κ2) is 13.8. The van der Waals surface area contributed by atoms with Gasteiger partial charge in [0.1, 0.15) is 11.4 Å². The predicted octanol–water partition coefficient (Wildman–Crippen LogP) is 4.69. The largest absolute Gasteiger partial charge is 0.489 e. The molecule has 0 unspecified atom stereocenters. The molecule has 3 heterocycles. The molecule has 0 aliphatic rings. The molecule has 0 fully saturated rings. The summed E-state index contributed by atoms with van der Waals surface area (Å²) in [7, 11) is 9.94. The first-order valence-corrected chi connectivity index (χ1v) is 14.1. The van der Waals surface area contributed by atoms with Crippen molar-refractivity contribution < 1.29 is 28.8 Å². The summed E-state index contributed by atoms with van der Waals surface area (Å²) in [6.45, 7) is 4.35. The number of pyridine rings is 3. The number of aromatic nitrogens is 3. The van der Waals surface area contributed by atoms with Gasteiger partial charge < -0.3 is 33.7 Å². The Morgan fingerprint density at radius 2 is 1.55 bits per heavy atom. The number of hydrogen-bond acceptors (Lipinski definition) is 11. The molecular formula is C33H39N5O6. The lowest BCUT2D eigenvalue weighted by Crippen LogP contribution is -2.38. The quantitative estimate of drug-likeness (QED) is 0.229. The van der Waals surface area contributed by atoms with Crippen molar-refractivity contribution in [3.05, 3.63) is 70.9 Å². The molecule has 2 atom stereocenters. The smallest absolute Gasteiger partial charge is 0.217 e. The van der Waals surface area contributed by atoms with E-state index in [0.717, 1.165) is 0 Å².